The van der Waals surface area contributed by atoms with E-state index < -0.39 is 0 Å². The fourth-order valence-corrected chi connectivity index (χ4v) is 0.727. The summed E-state index contributed by atoms with van der Waals surface area (Å²) < 4.78 is 0. The Morgan fingerprint density at radius 3 is 2.27 bits per heavy atom. The maximum Gasteiger partial charge on any atom is -0.0237 e. The summed E-state index contributed by atoms with van der Waals surface area (Å²) >= 11 is 0. The van der Waals surface area contributed by atoms with Crippen LogP contribution >= 0.6 is 0 Å². The van der Waals surface area contributed by atoms with Crippen molar-refractivity contribution in [3.63, 3.8) is 0 Å². The van der Waals surface area contributed by atoms with Crippen LogP contribution in [0.2, 0.25) is 0 Å². The largest absolute Gasteiger partial charge is 0.0985 e. The summed E-state index contributed by atoms with van der Waals surface area (Å²) in [5, 5.41) is 0. The lowest BCUT2D eigenvalue weighted by molar-refractivity contribution is 1.40. The second kappa shape index (κ2) is 5.72. The average molecular weight is 148 g/mol. The van der Waals surface area contributed by atoms with Crippen molar-refractivity contribution < 1.29 is 0 Å². The lowest BCUT2D eigenvalue weighted by Crippen LogP contribution is -1.77. The molecule has 0 saturated carbocycles. The molecule has 0 amide bonds. The average Bonchev–Trinajstić information content (AvgIpc) is 2.05. The van der Waals surface area contributed by atoms with E-state index in [2.05, 4.69) is 25.7 Å². The summed E-state index contributed by atoms with van der Waals surface area (Å²) in [4.78, 5) is 0. The van der Waals surface area contributed by atoms with Crippen molar-refractivity contribution in [2.24, 2.45) is 0 Å². The van der Waals surface area contributed by atoms with Crippen LogP contribution in [0.5, 0.6) is 0 Å². The number of allylic oxidation sites excluding steroid dienone is 7. The number of hydrogen-bond donors (Lipinski definition) is 0. The predicted octanol–water partition coefficient (Wildman–Crippen LogP) is 3.64. The van der Waals surface area contributed by atoms with Crippen LogP contribution in [0.3, 0.4) is 0 Å². The monoisotopic (exact) mass is 148 g/mol. The zero-order chi connectivity index (χ0) is 8.69. The highest BCUT2D eigenvalue weighted by molar-refractivity contribution is 5.39. The van der Waals surface area contributed by atoms with E-state index in [1.54, 1.807) is 0 Å². The van der Waals surface area contributed by atoms with E-state index in [0.29, 0.717) is 0 Å². The van der Waals surface area contributed by atoms with Crippen LogP contribution < -0.4 is 0 Å². The molecule has 60 valence electrons. The minimum Gasteiger partial charge on any atom is -0.0985 e. The summed E-state index contributed by atoms with van der Waals surface area (Å²) in [6.07, 6.45) is 10.0. The van der Waals surface area contributed by atoms with Crippen LogP contribution in [0.25, 0.3) is 0 Å². The third-order valence-corrected chi connectivity index (χ3v) is 1.58. The van der Waals surface area contributed by atoms with E-state index in [-0.39, 0.29) is 0 Å². The molecule has 0 aromatic heterocycles. The summed E-state index contributed by atoms with van der Waals surface area (Å²) in [7, 11) is 0. The molecular weight excluding hydrogens is 132 g/mol. The first-order valence-electron chi connectivity index (χ1n) is 3.85. The third-order valence-electron chi connectivity index (χ3n) is 1.58. The van der Waals surface area contributed by atoms with Crippen LogP contribution in [0.4, 0.5) is 0 Å². The van der Waals surface area contributed by atoms with Crippen LogP contribution in [-0.2, 0) is 0 Å². The van der Waals surface area contributed by atoms with Gasteiger partial charge in [-0.2, -0.15) is 0 Å². The second-order valence-electron chi connectivity index (χ2n) is 2.32. The molecule has 0 aliphatic heterocycles. The lowest BCUT2D eigenvalue weighted by atomic mass is 10.1. The molecule has 0 radical (unpaired) electrons. The van der Waals surface area contributed by atoms with E-state index in [9.17, 15) is 0 Å². The van der Waals surface area contributed by atoms with E-state index in [4.69, 9.17) is 0 Å². The molecule has 11 heavy (non-hydrogen) atoms. The molecular formula is C11H16. The lowest BCUT2D eigenvalue weighted by Gasteiger charge is -1.98. The van der Waals surface area contributed by atoms with E-state index in [1.165, 1.54) is 11.1 Å². The van der Waals surface area contributed by atoms with Crippen LogP contribution in [0, 0.1) is 0 Å². The smallest absolute Gasteiger partial charge is 0.0237 e. The van der Waals surface area contributed by atoms with Gasteiger partial charge in [0.2, 0.25) is 0 Å². The predicted molar refractivity (Wildman–Crippen MR) is 52.5 cm³/mol. The van der Waals surface area contributed by atoms with Crippen molar-refractivity contribution >= 4 is 0 Å². The Hall–Kier alpha value is -1.04. The molecule has 0 nitrogen and oxygen atoms in total. The molecule has 0 atom stereocenters. The van der Waals surface area contributed by atoms with Gasteiger partial charge in [-0.15, -0.1) is 0 Å². The first-order chi connectivity index (χ1) is 5.26. The third kappa shape index (κ3) is 3.61. The molecule has 0 heterocycles. The topological polar surface area (TPSA) is 0 Å². The van der Waals surface area contributed by atoms with Gasteiger partial charge in [0.15, 0.2) is 0 Å². The van der Waals surface area contributed by atoms with Gasteiger partial charge in [-0.1, -0.05) is 37.0 Å². The van der Waals surface area contributed by atoms with E-state index >= 15 is 0 Å². The minimum atomic E-state index is 1.19. The van der Waals surface area contributed by atoms with Crippen molar-refractivity contribution in [3.8, 4) is 0 Å². The van der Waals surface area contributed by atoms with Gasteiger partial charge < -0.3 is 0 Å². The fourth-order valence-electron chi connectivity index (χ4n) is 0.727. The van der Waals surface area contributed by atoms with Crippen molar-refractivity contribution in [2.45, 2.75) is 20.8 Å². The summed E-state index contributed by atoms with van der Waals surface area (Å²) in [5.74, 6) is 0. The summed E-state index contributed by atoms with van der Waals surface area (Å²) in [6, 6.07) is 0. The molecule has 0 rings (SSSR count). The molecule has 0 aromatic rings. The zero-order valence-electron chi connectivity index (χ0n) is 7.59. The minimum absolute atomic E-state index is 1.19. The van der Waals surface area contributed by atoms with Gasteiger partial charge in [-0.25, -0.2) is 0 Å². The van der Waals surface area contributed by atoms with Crippen molar-refractivity contribution in [1.29, 1.82) is 0 Å². The first-order valence-corrected chi connectivity index (χ1v) is 3.85. The molecule has 0 bridgehead atoms. The molecule has 0 fully saturated rings. The molecule has 0 saturated heterocycles. The second-order valence-corrected chi connectivity index (χ2v) is 2.32. The normalized spacial score (nSPS) is 14.1. The molecule has 0 unspecified atom stereocenters. The molecule has 0 aromatic carbocycles. The van der Waals surface area contributed by atoms with Crippen molar-refractivity contribution in [3.05, 3.63) is 48.1 Å². The van der Waals surface area contributed by atoms with Gasteiger partial charge in [0.05, 0.1) is 0 Å². The fraction of sp³-hybridized carbons (Fsp3) is 0.273. The molecule has 0 aliphatic carbocycles. The molecule has 0 N–H and O–H groups in total. The van der Waals surface area contributed by atoms with Gasteiger partial charge >= 0.3 is 0 Å². The quantitative estimate of drug-likeness (QED) is 0.536. The highest BCUT2D eigenvalue weighted by atomic mass is 13.9. The highest BCUT2D eigenvalue weighted by Crippen LogP contribution is 2.09. The number of rotatable bonds is 3. The van der Waals surface area contributed by atoms with Crippen molar-refractivity contribution in [1.82, 2.24) is 0 Å². The van der Waals surface area contributed by atoms with Gasteiger partial charge in [0, 0.05) is 0 Å². The van der Waals surface area contributed by atoms with E-state index in [1.807, 2.05) is 32.1 Å². The van der Waals surface area contributed by atoms with Gasteiger partial charge in [-0.05, 0) is 31.9 Å². The van der Waals surface area contributed by atoms with Gasteiger partial charge in [0.1, 0.15) is 0 Å². The van der Waals surface area contributed by atoms with E-state index in [0.717, 1.165) is 0 Å². The van der Waals surface area contributed by atoms with Gasteiger partial charge in [-0.3, -0.25) is 0 Å². The maximum atomic E-state index is 3.74. The van der Waals surface area contributed by atoms with Crippen LogP contribution in [0.1, 0.15) is 20.8 Å². The Morgan fingerprint density at radius 1 is 1.27 bits per heavy atom. The van der Waals surface area contributed by atoms with Crippen molar-refractivity contribution in [2.75, 3.05) is 0 Å². The first kappa shape index (κ1) is 9.96. The number of hydrogen-bond acceptors (Lipinski definition) is 0. The Balaban J connectivity index is 4.52. The van der Waals surface area contributed by atoms with Gasteiger partial charge in [0.25, 0.3) is 0 Å². The molecule has 0 aliphatic rings. The van der Waals surface area contributed by atoms with Crippen LogP contribution in [0.15, 0.2) is 48.1 Å². The maximum absolute atomic E-state index is 3.74. The van der Waals surface area contributed by atoms with Crippen LogP contribution in [-0.4, -0.2) is 0 Å². The SMILES string of the molecule is C=CC(=C\C=C/C)/C(C)=C/C. The standard InChI is InChI=1S/C11H16/c1-5-8-9-11(7-3)10(4)6-2/h5-9H,3H2,1-2,4H3/b8-5-,10-6+,11-9+. The summed E-state index contributed by atoms with van der Waals surface area (Å²) in [6.45, 7) is 9.85. The Morgan fingerprint density at radius 2 is 1.91 bits per heavy atom. The Bertz CT molecular complexity index is 202. The highest BCUT2D eigenvalue weighted by Gasteiger charge is 1.89. The Kier molecular flexibility index (Phi) is 5.18. The Labute approximate surface area is 69.6 Å². The summed E-state index contributed by atoms with van der Waals surface area (Å²) in [5.41, 5.74) is 2.45. The zero-order valence-corrected chi connectivity index (χ0v) is 7.59. The molecule has 0 spiro atoms. The molecule has 0 heteroatoms.